The molecular weight excluding hydrogens is 284 g/mol. The molecule has 0 N–H and O–H groups in total. The van der Waals surface area contributed by atoms with Gasteiger partial charge < -0.3 is 9.47 Å². The molecule has 0 atom stereocenters. The predicted octanol–water partition coefficient (Wildman–Crippen LogP) is 6.34. The highest BCUT2D eigenvalue weighted by atomic mass is 16.5. The lowest BCUT2D eigenvalue weighted by Crippen LogP contribution is -2.14. The van der Waals surface area contributed by atoms with Crippen molar-refractivity contribution >= 4 is 0 Å². The Labute approximate surface area is 142 Å². The van der Waals surface area contributed by atoms with Crippen molar-refractivity contribution in [2.75, 3.05) is 13.2 Å². The smallest absolute Gasteiger partial charge is 0.123 e. The molecule has 0 saturated heterocycles. The molecule has 1 aromatic rings. The van der Waals surface area contributed by atoms with Crippen LogP contribution in [-0.2, 0) is 0 Å². The van der Waals surface area contributed by atoms with E-state index in [2.05, 4.69) is 39.0 Å². The average molecular weight is 319 g/mol. The number of benzene rings is 1. The molecule has 0 amide bonds. The molecule has 1 aliphatic carbocycles. The van der Waals surface area contributed by atoms with Gasteiger partial charge in [-0.05, 0) is 68.6 Å². The zero-order valence-corrected chi connectivity index (χ0v) is 15.3. The first-order valence-electron chi connectivity index (χ1n) is 9.67. The molecule has 1 saturated carbocycles. The van der Waals surface area contributed by atoms with Gasteiger partial charge in [0.25, 0.3) is 0 Å². The highest BCUT2D eigenvalue weighted by Crippen LogP contribution is 2.42. The highest BCUT2D eigenvalue weighted by Gasteiger charge is 2.24. The average Bonchev–Trinajstić information content (AvgIpc) is 2.59. The third-order valence-electron chi connectivity index (χ3n) is 4.90. The number of hydrogen-bond acceptors (Lipinski definition) is 2. The van der Waals surface area contributed by atoms with E-state index in [1.165, 1.54) is 44.1 Å². The van der Waals surface area contributed by atoms with E-state index in [-0.39, 0.29) is 0 Å². The molecule has 2 heteroatoms. The van der Waals surface area contributed by atoms with E-state index < -0.39 is 0 Å². The molecule has 2 nitrogen and oxygen atoms in total. The third-order valence-corrected chi connectivity index (χ3v) is 4.90. The summed E-state index contributed by atoms with van der Waals surface area (Å²) < 4.78 is 11.9. The summed E-state index contributed by atoms with van der Waals surface area (Å²) in [5.41, 5.74) is 1.38. The monoisotopic (exact) mass is 318 g/mol. The number of ether oxygens (including phenoxy) is 2. The standard InChI is InChI=1S/C21H34O2/c1-4-7-17-8-10-18(11-9-17)20-16-19(22-14-5-2)12-13-21(20)23-15-6-3/h12-13,16-18H,4-11,14-15H2,1-3H3. The first-order valence-corrected chi connectivity index (χ1v) is 9.67. The Morgan fingerprint density at radius 2 is 1.57 bits per heavy atom. The Hall–Kier alpha value is -1.18. The molecule has 0 bridgehead atoms. The van der Waals surface area contributed by atoms with Crippen LogP contribution in [0.15, 0.2) is 18.2 Å². The normalized spacial score (nSPS) is 21.2. The van der Waals surface area contributed by atoms with Crippen LogP contribution in [0.4, 0.5) is 0 Å². The zero-order chi connectivity index (χ0) is 16.5. The molecule has 130 valence electrons. The molecule has 2 rings (SSSR count). The second kappa shape index (κ2) is 9.85. The molecule has 0 aliphatic heterocycles. The van der Waals surface area contributed by atoms with Gasteiger partial charge in [0, 0.05) is 5.56 Å². The fourth-order valence-electron chi connectivity index (χ4n) is 3.67. The van der Waals surface area contributed by atoms with Gasteiger partial charge in [0.1, 0.15) is 11.5 Å². The van der Waals surface area contributed by atoms with Gasteiger partial charge in [0.2, 0.25) is 0 Å². The summed E-state index contributed by atoms with van der Waals surface area (Å²) in [7, 11) is 0. The molecule has 0 radical (unpaired) electrons. The van der Waals surface area contributed by atoms with Crippen molar-refractivity contribution in [2.45, 2.75) is 78.1 Å². The van der Waals surface area contributed by atoms with Crippen LogP contribution in [-0.4, -0.2) is 13.2 Å². The lowest BCUT2D eigenvalue weighted by atomic mass is 9.77. The van der Waals surface area contributed by atoms with E-state index in [1.807, 2.05) is 0 Å². The van der Waals surface area contributed by atoms with E-state index in [1.54, 1.807) is 0 Å². The lowest BCUT2D eigenvalue weighted by Gasteiger charge is -2.30. The van der Waals surface area contributed by atoms with Gasteiger partial charge in [-0.25, -0.2) is 0 Å². The molecule has 1 aromatic carbocycles. The molecule has 23 heavy (non-hydrogen) atoms. The summed E-state index contributed by atoms with van der Waals surface area (Å²) >= 11 is 0. The molecule has 0 aromatic heterocycles. The summed E-state index contributed by atoms with van der Waals surface area (Å²) in [5, 5.41) is 0. The van der Waals surface area contributed by atoms with Gasteiger partial charge in [-0.3, -0.25) is 0 Å². The number of rotatable bonds is 9. The van der Waals surface area contributed by atoms with Crippen LogP contribution < -0.4 is 9.47 Å². The topological polar surface area (TPSA) is 18.5 Å². The van der Waals surface area contributed by atoms with Gasteiger partial charge in [-0.1, -0.05) is 33.6 Å². The largest absolute Gasteiger partial charge is 0.494 e. The summed E-state index contributed by atoms with van der Waals surface area (Å²) in [6, 6.07) is 6.42. The zero-order valence-electron chi connectivity index (χ0n) is 15.3. The summed E-state index contributed by atoms with van der Waals surface area (Å²) in [6.07, 6.45) is 10.1. The van der Waals surface area contributed by atoms with Crippen LogP contribution >= 0.6 is 0 Å². The van der Waals surface area contributed by atoms with Gasteiger partial charge in [0.15, 0.2) is 0 Å². The Morgan fingerprint density at radius 1 is 0.870 bits per heavy atom. The molecule has 0 heterocycles. The summed E-state index contributed by atoms with van der Waals surface area (Å²) in [4.78, 5) is 0. The van der Waals surface area contributed by atoms with Crippen LogP contribution in [0.2, 0.25) is 0 Å². The van der Waals surface area contributed by atoms with E-state index in [4.69, 9.17) is 9.47 Å². The highest BCUT2D eigenvalue weighted by molar-refractivity contribution is 5.42. The Balaban J connectivity index is 2.09. The van der Waals surface area contributed by atoms with Crippen LogP contribution in [0, 0.1) is 5.92 Å². The lowest BCUT2D eigenvalue weighted by molar-refractivity contribution is 0.283. The van der Waals surface area contributed by atoms with E-state index in [0.717, 1.165) is 43.5 Å². The quantitative estimate of drug-likeness (QED) is 0.529. The summed E-state index contributed by atoms with van der Waals surface area (Å²) in [5.74, 6) is 3.66. The van der Waals surface area contributed by atoms with Crippen molar-refractivity contribution in [3.63, 3.8) is 0 Å². The molecule has 0 spiro atoms. The van der Waals surface area contributed by atoms with Gasteiger partial charge in [-0.2, -0.15) is 0 Å². The number of hydrogen-bond donors (Lipinski definition) is 0. The maximum Gasteiger partial charge on any atom is 0.123 e. The van der Waals surface area contributed by atoms with Crippen molar-refractivity contribution < 1.29 is 9.47 Å². The van der Waals surface area contributed by atoms with Gasteiger partial charge in [-0.15, -0.1) is 0 Å². The van der Waals surface area contributed by atoms with Crippen molar-refractivity contribution in [3.05, 3.63) is 23.8 Å². The maximum absolute atomic E-state index is 6.02. The second-order valence-electron chi connectivity index (χ2n) is 6.90. The van der Waals surface area contributed by atoms with E-state index in [9.17, 15) is 0 Å². The Morgan fingerprint density at radius 3 is 2.22 bits per heavy atom. The molecular formula is C21H34O2. The molecule has 1 aliphatic rings. The van der Waals surface area contributed by atoms with Crippen molar-refractivity contribution in [1.29, 1.82) is 0 Å². The third kappa shape index (κ3) is 5.44. The minimum Gasteiger partial charge on any atom is -0.494 e. The van der Waals surface area contributed by atoms with E-state index in [0.29, 0.717) is 5.92 Å². The fraction of sp³-hybridized carbons (Fsp3) is 0.714. The second-order valence-corrected chi connectivity index (χ2v) is 6.90. The predicted molar refractivity (Wildman–Crippen MR) is 97.6 cm³/mol. The Kier molecular flexibility index (Phi) is 7.78. The molecule has 1 fully saturated rings. The van der Waals surface area contributed by atoms with Crippen LogP contribution in [0.25, 0.3) is 0 Å². The van der Waals surface area contributed by atoms with Crippen LogP contribution in [0.5, 0.6) is 11.5 Å². The van der Waals surface area contributed by atoms with Crippen molar-refractivity contribution in [1.82, 2.24) is 0 Å². The first-order chi connectivity index (χ1) is 11.3. The minimum atomic E-state index is 0.639. The minimum absolute atomic E-state index is 0.639. The first kappa shape index (κ1) is 18.2. The molecule has 0 unspecified atom stereocenters. The Bertz CT molecular complexity index is 447. The van der Waals surface area contributed by atoms with Gasteiger partial charge in [0.05, 0.1) is 13.2 Å². The van der Waals surface area contributed by atoms with Gasteiger partial charge >= 0.3 is 0 Å². The van der Waals surface area contributed by atoms with Crippen LogP contribution in [0.3, 0.4) is 0 Å². The maximum atomic E-state index is 6.02. The van der Waals surface area contributed by atoms with Crippen LogP contribution in [0.1, 0.15) is 83.6 Å². The fourth-order valence-corrected chi connectivity index (χ4v) is 3.67. The SMILES string of the molecule is CCCOc1ccc(OCCC)c(C2CCC(CCC)CC2)c1. The van der Waals surface area contributed by atoms with Crippen molar-refractivity contribution in [2.24, 2.45) is 5.92 Å². The van der Waals surface area contributed by atoms with E-state index >= 15 is 0 Å². The summed E-state index contributed by atoms with van der Waals surface area (Å²) in [6.45, 7) is 8.20. The van der Waals surface area contributed by atoms with Crippen molar-refractivity contribution in [3.8, 4) is 11.5 Å².